The van der Waals surface area contributed by atoms with Crippen molar-refractivity contribution in [3.8, 4) is 0 Å². The van der Waals surface area contributed by atoms with Crippen LogP contribution in [0, 0.1) is 10.1 Å². The van der Waals surface area contributed by atoms with E-state index in [2.05, 4.69) is 10.2 Å². The summed E-state index contributed by atoms with van der Waals surface area (Å²) in [6.45, 7) is 1.80. The maximum atomic E-state index is 10.6. The zero-order valence-corrected chi connectivity index (χ0v) is 10.3. The number of benzene rings is 1. The molecule has 0 radical (unpaired) electrons. The van der Waals surface area contributed by atoms with Gasteiger partial charge in [-0.25, -0.2) is 0 Å². The van der Waals surface area contributed by atoms with Gasteiger partial charge in [0.1, 0.15) is 0 Å². The molecule has 0 saturated carbocycles. The molecule has 1 aliphatic rings. The highest BCUT2D eigenvalue weighted by molar-refractivity contribution is 6.33. The van der Waals surface area contributed by atoms with Gasteiger partial charge in [-0.2, -0.15) is 0 Å². The van der Waals surface area contributed by atoms with E-state index in [0.29, 0.717) is 11.1 Å². The van der Waals surface area contributed by atoms with Crippen molar-refractivity contribution in [1.82, 2.24) is 5.32 Å². The van der Waals surface area contributed by atoms with Crippen LogP contribution in [0.5, 0.6) is 0 Å². The minimum atomic E-state index is -0.434. The average molecular weight is 256 g/mol. The fourth-order valence-electron chi connectivity index (χ4n) is 2.08. The number of anilines is 1. The maximum Gasteiger partial charge on any atom is 0.271 e. The molecule has 1 aliphatic heterocycles. The van der Waals surface area contributed by atoms with Gasteiger partial charge in [-0.15, -0.1) is 0 Å². The Labute approximate surface area is 105 Å². The monoisotopic (exact) mass is 255 g/mol. The highest BCUT2D eigenvalue weighted by Crippen LogP contribution is 2.31. The fourth-order valence-corrected chi connectivity index (χ4v) is 2.37. The van der Waals surface area contributed by atoms with Crippen molar-refractivity contribution < 1.29 is 4.92 Å². The lowest BCUT2D eigenvalue weighted by atomic mass is 10.2. The van der Waals surface area contributed by atoms with E-state index < -0.39 is 4.92 Å². The average Bonchev–Trinajstić information content (AvgIpc) is 2.77. The molecule has 0 amide bonds. The molecule has 6 heteroatoms. The van der Waals surface area contributed by atoms with Gasteiger partial charge in [0, 0.05) is 31.3 Å². The lowest BCUT2D eigenvalue weighted by molar-refractivity contribution is -0.384. The van der Waals surface area contributed by atoms with Crippen LogP contribution in [0.4, 0.5) is 11.4 Å². The summed E-state index contributed by atoms with van der Waals surface area (Å²) in [4.78, 5) is 12.3. The molecule has 1 atom stereocenters. The van der Waals surface area contributed by atoms with Crippen molar-refractivity contribution in [3.63, 3.8) is 0 Å². The van der Waals surface area contributed by atoms with Crippen molar-refractivity contribution in [2.75, 3.05) is 25.0 Å². The molecule has 1 unspecified atom stereocenters. The van der Waals surface area contributed by atoms with Gasteiger partial charge >= 0.3 is 0 Å². The third-order valence-corrected chi connectivity index (χ3v) is 3.38. The Morgan fingerprint density at radius 3 is 2.88 bits per heavy atom. The second-order valence-corrected chi connectivity index (χ2v) is 4.52. The van der Waals surface area contributed by atoms with Gasteiger partial charge in [-0.05, 0) is 19.5 Å². The smallest absolute Gasteiger partial charge is 0.271 e. The largest absolute Gasteiger partial charge is 0.369 e. The minimum Gasteiger partial charge on any atom is -0.369 e. The lowest BCUT2D eigenvalue weighted by Crippen LogP contribution is -2.29. The molecular formula is C11H14ClN3O2. The van der Waals surface area contributed by atoms with Crippen LogP contribution in [-0.2, 0) is 0 Å². The van der Waals surface area contributed by atoms with E-state index in [1.54, 1.807) is 6.07 Å². The molecule has 92 valence electrons. The topological polar surface area (TPSA) is 58.4 Å². The maximum absolute atomic E-state index is 10.6. The van der Waals surface area contributed by atoms with E-state index in [-0.39, 0.29) is 5.69 Å². The number of likely N-dealkylation sites (N-methyl/N-ethyl adjacent to an activating group) is 1. The zero-order chi connectivity index (χ0) is 12.4. The molecule has 0 aliphatic carbocycles. The number of rotatable bonds is 3. The van der Waals surface area contributed by atoms with Crippen molar-refractivity contribution >= 4 is 23.0 Å². The van der Waals surface area contributed by atoms with Crippen LogP contribution in [0.2, 0.25) is 5.02 Å². The van der Waals surface area contributed by atoms with Crippen LogP contribution in [-0.4, -0.2) is 31.1 Å². The molecule has 5 nitrogen and oxygen atoms in total. The SMILES string of the molecule is CNC1CCN(c2ccc([N+](=O)[O-])cc2Cl)C1. The molecule has 0 spiro atoms. The van der Waals surface area contributed by atoms with Gasteiger partial charge in [0.15, 0.2) is 0 Å². The van der Waals surface area contributed by atoms with Crippen molar-refractivity contribution in [2.45, 2.75) is 12.5 Å². The molecular weight excluding hydrogens is 242 g/mol. The second-order valence-electron chi connectivity index (χ2n) is 4.11. The first-order valence-electron chi connectivity index (χ1n) is 5.48. The highest BCUT2D eigenvalue weighted by atomic mass is 35.5. The van der Waals surface area contributed by atoms with Crippen molar-refractivity contribution in [2.24, 2.45) is 0 Å². The molecule has 1 aromatic rings. The number of non-ortho nitro benzene ring substituents is 1. The highest BCUT2D eigenvalue weighted by Gasteiger charge is 2.23. The molecule has 17 heavy (non-hydrogen) atoms. The van der Waals surface area contributed by atoms with E-state index in [4.69, 9.17) is 11.6 Å². The minimum absolute atomic E-state index is 0.0307. The summed E-state index contributed by atoms with van der Waals surface area (Å²) >= 11 is 6.08. The second kappa shape index (κ2) is 4.89. The normalized spacial score (nSPS) is 19.6. The summed E-state index contributed by atoms with van der Waals surface area (Å²) in [5, 5.41) is 14.3. The first-order chi connectivity index (χ1) is 8.11. The Balaban J connectivity index is 2.20. The lowest BCUT2D eigenvalue weighted by Gasteiger charge is -2.19. The zero-order valence-electron chi connectivity index (χ0n) is 9.52. The Morgan fingerprint density at radius 2 is 2.35 bits per heavy atom. The molecule has 1 heterocycles. The van der Waals surface area contributed by atoms with Crippen LogP contribution in [0.1, 0.15) is 6.42 Å². The Morgan fingerprint density at radius 1 is 1.59 bits per heavy atom. The number of halogens is 1. The first kappa shape index (κ1) is 12.1. The number of nitro benzene ring substituents is 1. The van der Waals surface area contributed by atoms with Crippen molar-refractivity contribution in [1.29, 1.82) is 0 Å². The van der Waals surface area contributed by atoms with E-state index in [1.165, 1.54) is 12.1 Å². The summed E-state index contributed by atoms with van der Waals surface area (Å²) < 4.78 is 0. The van der Waals surface area contributed by atoms with Gasteiger partial charge in [-0.1, -0.05) is 11.6 Å². The standard InChI is InChI=1S/C11H14ClN3O2/c1-13-8-4-5-14(7-8)11-3-2-9(15(16)17)6-10(11)12/h2-3,6,8,13H,4-5,7H2,1H3. The van der Waals surface area contributed by atoms with Crippen LogP contribution < -0.4 is 10.2 Å². The molecule has 0 bridgehead atoms. The van der Waals surface area contributed by atoms with E-state index in [0.717, 1.165) is 25.2 Å². The molecule has 1 aromatic carbocycles. The van der Waals surface area contributed by atoms with E-state index >= 15 is 0 Å². The molecule has 1 N–H and O–H groups in total. The van der Waals surface area contributed by atoms with Gasteiger partial charge < -0.3 is 10.2 Å². The number of hydrogen-bond donors (Lipinski definition) is 1. The van der Waals surface area contributed by atoms with Crippen molar-refractivity contribution in [3.05, 3.63) is 33.3 Å². The molecule has 2 rings (SSSR count). The number of nitrogens with zero attached hydrogens (tertiary/aromatic N) is 2. The third-order valence-electron chi connectivity index (χ3n) is 3.08. The first-order valence-corrected chi connectivity index (χ1v) is 5.85. The summed E-state index contributed by atoms with van der Waals surface area (Å²) in [7, 11) is 1.94. The summed E-state index contributed by atoms with van der Waals surface area (Å²) in [6.07, 6.45) is 1.06. The molecule has 0 aromatic heterocycles. The third kappa shape index (κ3) is 2.50. The van der Waals surface area contributed by atoms with E-state index in [9.17, 15) is 10.1 Å². The Bertz CT molecular complexity index is 439. The van der Waals surface area contributed by atoms with Gasteiger partial charge in [-0.3, -0.25) is 10.1 Å². The molecule has 1 saturated heterocycles. The van der Waals surface area contributed by atoms with E-state index in [1.807, 2.05) is 7.05 Å². The summed E-state index contributed by atoms with van der Waals surface area (Å²) in [6, 6.07) is 5.08. The Kier molecular flexibility index (Phi) is 3.49. The Hall–Kier alpha value is -1.33. The number of nitro groups is 1. The number of hydrogen-bond acceptors (Lipinski definition) is 4. The van der Waals surface area contributed by atoms with Crippen LogP contribution in [0.3, 0.4) is 0 Å². The van der Waals surface area contributed by atoms with Gasteiger partial charge in [0.2, 0.25) is 0 Å². The van der Waals surface area contributed by atoms with Gasteiger partial charge in [0.25, 0.3) is 5.69 Å². The van der Waals surface area contributed by atoms with Crippen LogP contribution >= 0.6 is 11.6 Å². The summed E-state index contributed by atoms with van der Waals surface area (Å²) in [5.74, 6) is 0. The predicted octanol–water partition coefficient (Wildman–Crippen LogP) is 2.05. The van der Waals surface area contributed by atoms with Gasteiger partial charge in [0.05, 0.1) is 15.6 Å². The fraction of sp³-hybridized carbons (Fsp3) is 0.455. The summed E-state index contributed by atoms with van der Waals surface area (Å²) in [5.41, 5.74) is 0.901. The van der Waals surface area contributed by atoms with Crippen LogP contribution in [0.25, 0.3) is 0 Å². The predicted molar refractivity (Wildman–Crippen MR) is 67.8 cm³/mol. The quantitative estimate of drug-likeness (QED) is 0.663. The molecule has 1 fully saturated rings. The van der Waals surface area contributed by atoms with Crippen LogP contribution in [0.15, 0.2) is 18.2 Å². The number of nitrogens with one attached hydrogen (secondary N) is 1.